The first-order valence-electron chi connectivity index (χ1n) is 9.15. The maximum atomic E-state index is 12.5. The number of anilines is 2. The molecule has 0 radical (unpaired) electrons. The Morgan fingerprint density at radius 1 is 1.17 bits per heavy atom. The molecule has 29 heavy (non-hydrogen) atoms. The number of amides is 2. The van der Waals surface area contributed by atoms with Gasteiger partial charge < -0.3 is 19.5 Å². The number of halogens is 1. The predicted molar refractivity (Wildman–Crippen MR) is 108 cm³/mol. The summed E-state index contributed by atoms with van der Waals surface area (Å²) < 4.78 is 4.96. The van der Waals surface area contributed by atoms with E-state index >= 15 is 0 Å². The first kappa shape index (κ1) is 20.7. The first-order chi connectivity index (χ1) is 13.8. The van der Waals surface area contributed by atoms with Gasteiger partial charge in [0.1, 0.15) is 4.92 Å². The number of piperazine rings is 1. The highest BCUT2D eigenvalue weighted by Gasteiger charge is 2.26. The SMILES string of the molecule is CC(C)C(=O)N1CCN(c2c(Cl)cccc2NC(=O)c2ccc([N+](=O)[O-])o2)CC1. The number of para-hydroxylation sites is 1. The van der Waals surface area contributed by atoms with Crippen LogP contribution in [0.3, 0.4) is 0 Å². The molecule has 0 aliphatic carbocycles. The number of carbonyl (C=O) groups is 2. The number of carbonyl (C=O) groups excluding carboxylic acids is 2. The number of hydrogen-bond acceptors (Lipinski definition) is 6. The van der Waals surface area contributed by atoms with E-state index in [1.165, 1.54) is 6.07 Å². The van der Waals surface area contributed by atoms with Crippen molar-refractivity contribution in [2.45, 2.75) is 13.8 Å². The van der Waals surface area contributed by atoms with Crippen molar-refractivity contribution in [3.63, 3.8) is 0 Å². The highest BCUT2D eigenvalue weighted by atomic mass is 35.5. The lowest BCUT2D eigenvalue weighted by atomic mass is 10.1. The Kier molecular flexibility index (Phi) is 6.07. The van der Waals surface area contributed by atoms with Crippen LogP contribution < -0.4 is 10.2 Å². The summed E-state index contributed by atoms with van der Waals surface area (Å²) in [6.45, 7) is 5.99. The van der Waals surface area contributed by atoms with Crippen LogP contribution in [0.2, 0.25) is 5.02 Å². The van der Waals surface area contributed by atoms with Crippen molar-refractivity contribution in [3.05, 3.63) is 51.2 Å². The Morgan fingerprint density at radius 2 is 1.86 bits per heavy atom. The molecule has 1 aliphatic rings. The fourth-order valence-corrected chi connectivity index (χ4v) is 3.48. The van der Waals surface area contributed by atoms with E-state index in [-0.39, 0.29) is 17.6 Å². The van der Waals surface area contributed by atoms with Crippen LogP contribution in [0.25, 0.3) is 0 Å². The van der Waals surface area contributed by atoms with Gasteiger partial charge in [0.25, 0.3) is 5.91 Å². The Labute approximate surface area is 172 Å². The fourth-order valence-electron chi connectivity index (χ4n) is 3.18. The smallest absolute Gasteiger partial charge is 0.395 e. The van der Waals surface area contributed by atoms with Crippen molar-refractivity contribution in [3.8, 4) is 0 Å². The van der Waals surface area contributed by atoms with E-state index < -0.39 is 16.7 Å². The monoisotopic (exact) mass is 420 g/mol. The summed E-state index contributed by atoms with van der Waals surface area (Å²) >= 11 is 6.40. The van der Waals surface area contributed by atoms with Gasteiger partial charge in [-0.3, -0.25) is 19.7 Å². The van der Waals surface area contributed by atoms with Crippen molar-refractivity contribution in [1.82, 2.24) is 4.90 Å². The zero-order valence-electron chi connectivity index (χ0n) is 16.1. The fraction of sp³-hybridized carbons (Fsp3) is 0.368. The number of benzene rings is 1. The van der Waals surface area contributed by atoms with Gasteiger partial charge in [-0.05, 0) is 18.2 Å². The molecule has 2 amide bonds. The van der Waals surface area contributed by atoms with E-state index in [9.17, 15) is 19.7 Å². The lowest BCUT2D eigenvalue weighted by molar-refractivity contribution is -0.402. The molecule has 10 heteroatoms. The average molecular weight is 421 g/mol. The molecule has 1 N–H and O–H groups in total. The lowest BCUT2D eigenvalue weighted by Crippen LogP contribution is -2.50. The molecule has 1 aromatic heterocycles. The van der Waals surface area contributed by atoms with Crippen LogP contribution in [0.5, 0.6) is 0 Å². The molecule has 1 saturated heterocycles. The maximum absolute atomic E-state index is 12.5. The molecular weight excluding hydrogens is 400 g/mol. The molecule has 0 saturated carbocycles. The van der Waals surface area contributed by atoms with Crippen molar-refractivity contribution in [2.75, 3.05) is 36.4 Å². The first-order valence-corrected chi connectivity index (χ1v) is 9.53. The lowest BCUT2D eigenvalue weighted by Gasteiger charge is -2.38. The van der Waals surface area contributed by atoms with Crippen LogP contribution >= 0.6 is 11.6 Å². The number of nitrogens with zero attached hydrogens (tertiary/aromatic N) is 3. The van der Waals surface area contributed by atoms with Gasteiger partial charge in [0.15, 0.2) is 5.76 Å². The maximum Gasteiger partial charge on any atom is 0.433 e. The molecule has 154 valence electrons. The highest BCUT2D eigenvalue weighted by molar-refractivity contribution is 6.34. The molecular formula is C19H21ClN4O5. The van der Waals surface area contributed by atoms with Crippen LogP contribution in [-0.2, 0) is 4.79 Å². The van der Waals surface area contributed by atoms with E-state index in [1.807, 2.05) is 23.6 Å². The average Bonchev–Trinajstić information content (AvgIpc) is 3.18. The molecule has 0 unspecified atom stereocenters. The van der Waals surface area contributed by atoms with Gasteiger partial charge in [0.2, 0.25) is 5.91 Å². The van der Waals surface area contributed by atoms with Gasteiger partial charge in [0, 0.05) is 32.1 Å². The van der Waals surface area contributed by atoms with Crippen LogP contribution in [0, 0.1) is 16.0 Å². The zero-order chi connectivity index (χ0) is 21.1. The third-order valence-electron chi connectivity index (χ3n) is 4.63. The van der Waals surface area contributed by atoms with Crippen LogP contribution in [0.4, 0.5) is 17.3 Å². The van der Waals surface area contributed by atoms with Crippen molar-refractivity contribution >= 4 is 40.7 Å². The molecule has 1 fully saturated rings. The van der Waals surface area contributed by atoms with Crippen LogP contribution in [0.15, 0.2) is 34.7 Å². The van der Waals surface area contributed by atoms with Gasteiger partial charge in [-0.2, -0.15) is 0 Å². The summed E-state index contributed by atoms with van der Waals surface area (Å²) in [5.41, 5.74) is 1.10. The topological polar surface area (TPSA) is 109 Å². The van der Waals surface area contributed by atoms with Gasteiger partial charge >= 0.3 is 5.88 Å². The Hall–Kier alpha value is -3.07. The number of nitrogens with one attached hydrogen (secondary N) is 1. The Balaban J connectivity index is 1.77. The third-order valence-corrected chi connectivity index (χ3v) is 4.94. The van der Waals surface area contributed by atoms with Gasteiger partial charge in [0.05, 0.1) is 22.5 Å². The van der Waals surface area contributed by atoms with E-state index in [2.05, 4.69) is 5.32 Å². The summed E-state index contributed by atoms with van der Waals surface area (Å²) in [7, 11) is 0. The minimum absolute atomic E-state index is 0.0611. The summed E-state index contributed by atoms with van der Waals surface area (Å²) in [4.78, 5) is 38.5. The second-order valence-corrected chi connectivity index (χ2v) is 7.36. The summed E-state index contributed by atoms with van der Waals surface area (Å²) in [5.74, 6) is -1.25. The standard InChI is InChI=1S/C19H21ClN4O5/c1-12(2)19(26)23-10-8-22(9-11-23)17-13(20)4-3-5-14(17)21-18(25)15-6-7-16(29-15)24(27)28/h3-7,12H,8-11H2,1-2H3,(H,21,25). The molecule has 9 nitrogen and oxygen atoms in total. The number of hydrogen-bond donors (Lipinski definition) is 1. The minimum atomic E-state index is -0.709. The summed E-state index contributed by atoms with van der Waals surface area (Å²) in [5, 5.41) is 13.9. The molecule has 0 spiro atoms. The van der Waals surface area contributed by atoms with Crippen molar-refractivity contribution < 1.29 is 18.9 Å². The molecule has 0 atom stereocenters. The van der Waals surface area contributed by atoms with E-state index in [0.717, 1.165) is 6.07 Å². The van der Waals surface area contributed by atoms with E-state index in [0.29, 0.717) is 42.6 Å². The van der Waals surface area contributed by atoms with E-state index in [4.69, 9.17) is 16.0 Å². The Bertz CT molecular complexity index is 934. The van der Waals surface area contributed by atoms with Crippen molar-refractivity contribution in [2.24, 2.45) is 5.92 Å². The normalized spacial score (nSPS) is 14.2. The minimum Gasteiger partial charge on any atom is -0.395 e. The molecule has 1 aliphatic heterocycles. The predicted octanol–water partition coefficient (Wildman–Crippen LogP) is 3.40. The molecule has 0 bridgehead atoms. The largest absolute Gasteiger partial charge is 0.433 e. The number of nitro groups is 1. The number of rotatable bonds is 5. The molecule has 3 rings (SSSR count). The van der Waals surface area contributed by atoms with Crippen LogP contribution in [-0.4, -0.2) is 47.8 Å². The second kappa shape index (κ2) is 8.52. The summed E-state index contributed by atoms with van der Waals surface area (Å²) in [6.07, 6.45) is 0. The highest BCUT2D eigenvalue weighted by Crippen LogP contribution is 2.35. The zero-order valence-corrected chi connectivity index (χ0v) is 16.8. The van der Waals surface area contributed by atoms with Gasteiger partial charge in [-0.1, -0.05) is 31.5 Å². The van der Waals surface area contributed by atoms with E-state index in [1.54, 1.807) is 18.2 Å². The Morgan fingerprint density at radius 3 is 2.45 bits per heavy atom. The molecule has 2 aromatic rings. The third kappa shape index (κ3) is 4.51. The quantitative estimate of drug-likeness (QED) is 0.586. The molecule has 2 heterocycles. The molecule has 1 aromatic carbocycles. The second-order valence-electron chi connectivity index (χ2n) is 6.95. The van der Waals surface area contributed by atoms with Gasteiger partial charge in [-0.15, -0.1) is 0 Å². The van der Waals surface area contributed by atoms with Crippen LogP contribution in [0.1, 0.15) is 24.4 Å². The number of furan rings is 1. The van der Waals surface area contributed by atoms with Gasteiger partial charge in [-0.25, -0.2) is 0 Å². The summed E-state index contributed by atoms with van der Waals surface area (Å²) in [6, 6.07) is 7.48. The van der Waals surface area contributed by atoms with Crippen molar-refractivity contribution in [1.29, 1.82) is 0 Å².